The summed E-state index contributed by atoms with van der Waals surface area (Å²) in [5.74, 6) is 1.11. The molecular weight excluding hydrogens is 400 g/mol. The largest absolute Gasteiger partial charge is 0.493 e. The summed E-state index contributed by atoms with van der Waals surface area (Å²) in [4.78, 5) is 12.9. The number of rotatable bonds is 6. The third kappa shape index (κ3) is 3.90. The maximum absolute atomic E-state index is 12.5. The van der Waals surface area contributed by atoms with Crippen LogP contribution >= 0.6 is 22.9 Å². The van der Waals surface area contributed by atoms with Crippen molar-refractivity contribution in [1.82, 2.24) is 5.43 Å². The Balaban J connectivity index is 1.81. The van der Waals surface area contributed by atoms with Gasteiger partial charge in [0.1, 0.15) is 4.88 Å². The molecule has 0 spiro atoms. The number of hydrogen-bond donors (Lipinski definition) is 1. The van der Waals surface area contributed by atoms with Crippen LogP contribution < -0.4 is 19.6 Å². The predicted octanol–water partition coefficient (Wildman–Crippen LogP) is 4.65. The number of nitrogens with one attached hydrogen (secondary N) is 1. The van der Waals surface area contributed by atoms with Gasteiger partial charge in [0.25, 0.3) is 5.91 Å². The van der Waals surface area contributed by atoms with E-state index in [1.54, 1.807) is 12.1 Å². The fourth-order valence-electron chi connectivity index (χ4n) is 2.71. The lowest BCUT2D eigenvalue weighted by Gasteiger charge is -2.12. The van der Waals surface area contributed by atoms with E-state index >= 15 is 0 Å². The first-order valence-electron chi connectivity index (χ1n) is 8.30. The molecule has 0 atom stereocenters. The number of methoxy groups -OCH3 is 3. The van der Waals surface area contributed by atoms with Crippen LogP contribution in [0, 0.1) is 6.92 Å². The van der Waals surface area contributed by atoms with E-state index in [4.69, 9.17) is 25.8 Å². The molecule has 0 aliphatic heterocycles. The summed E-state index contributed by atoms with van der Waals surface area (Å²) < 4.78 is 16.9. The highest BCUT2D eigenvalue weighted by Crippen LogP contribution is 2.38. The number of hydrogen-bond acceptors (Lipinski definition) is 6. The zero-order valence-corrected chi connectivity index (χ0v) is 17.4. The van der Waals surface area contributed by atoms with Gasteiger partial charge in [-0.15, -0.1) is 11.3 Å². The van der Waals surface area contributed by atoms with E-state index in [-0.39, 0.29) is 5.91 Å². The number of thiophene rings is 1. The summed E-state index contributed by atoms with van der Waals surface area (Å²) >= 11 is 7.70. The van der Waals surface area contributed by atoms with E-state index < -0.39 is 0 Å². The van der Waals surface area contributed by atoms with Crippen molar-refractivity contribution in [2.24, 2.45) is 5.10 Å². The molecule has 2 aromatic carbocycles. The quantitative estimate of drug-likeness (QED) is 0.467. The molecule has 3 aromatic rings. The van der Waals surface area contributed by atoms with Crippen molar-refractivity contribution in [3.05, 3.63) is 51.4 Å². The lowest BCUT2D eigenvalue weighted by atomic mass is 10.2. The van der Waals surface area contributed by atoms with Crippen LogP contribution in [0.3, 0.4) is 0 Å². The van der Waals surface area contributed by atoms with Gasteiger partial charge in [-0.2, -0.15) is 5.10 Å². The summed E-state index contributed by atoms with van der Waals surface area (Å²) in [6, 6.07) is 9.34. The minimum atomic E-state index is -0.368. The molecule has 1 heterocycles. The first-order valence-corrected chi connectivity index (χ1v) is 9.50. The number of ether oxygens (including phenoxy) is 3. The van der Waals surface area contributed by atoms with Crippen molar-refractivity contribution in [2.45, 2.75) is 6.92 Å². The summed E-state index contributed by atoms with van der Waals surface area (Å²) in [5.41, 5.74) is 4.29. The number of hydrazone groups is 1. The number of carbonyl (C=O) groups is 1. The fraction of sp³-hybridized carbons (Fsp3) is 0.200. The Morgan fingerprint density at radius 3 is 2.39 bits per heavy atom. The van der Waals surface area contributed by atoms with Crippen molar-refractivity contribution in [2.75, 3.05) is 21.3 Å². The molecule has 0 bridgehead atoms. The number of fused-ring (bicyclic) bond motifs is 1. The summed E-state index contributed by atoms with van der Waals surface area (Å²) in [7, 11) is 4.60. The maximum atomic E-state index is 12.5. The van der Waals surface area contributed by atoms with E-state index in [0.29, 0.717) is 32.7 Å². The molecule has 1 N–H and O–H groups in total. The molecule has 0 radical (unpaired) electrons. The van der Waals surface area contributed by atoms with Crippen molar-refractivity contribution in [1.29, 1.82) is 0 Å². The Morgan fingerprint density at radius 2 is 1.79 bits per heavy atom. The predicted molar refractivity (Wildman–Crippen MR) is 113 cm³/mol. The van der Waals surface area contributed by atoms with Gasteiger partial charge >= 0.3 is 0 Å². The van der Waals surface area contributed by atoms with Gasteiger partial charge in [-0.05, 0) is 30.7 Å². The number of amides is 1. The average molecular weight is 419 g/mol. The van der Waals surface area contributed by atoms with Crippen LogP contribution in [-0.2, 0) is 0 Å². The van der Waals surface area contributed by atoms with Crippen molar-refractivity contribution in [3.8, 4) is 17.2 Å². The Morgan fingerprint density at radius 1 is 1.11 bits per heavy atom. The molecule has 3 rings (SSSR count). The van der Waals surface area contributed by atoms with Crippen LogP contribution in [0.25, 0.3) is 10.1 Å². The lowest BCUT2D eigenvalue weighted by molar-refractivity contribution is 0.0959. The van der Waals surface area contributed by atoms with E-state index in [1.165, 1.54) is 38.9 Å². The van der Waals surface area contributed by atoms with Crippen LogP contribution in [0.2, 0.25) is 5.02 Å². The van der Waals surface area contributed by atoms with E-state index in [0.717, 1.165) is 15.6 Å². The first-order chi connectivity index (χ1) is 13.5. The van der Waals surface area contributed by atoms with Crippen molar-refractivity contribution in [3.63, 3.8) is 0 Å². The second kappa shape index (κ2) is 8.50. The number of nitrogens with zero attached hydrogens (tertiary/aromatic N) is 1. The Labute approximate surface area is 171 Å². The van der Waals surface area contributed by atoms with Crippen LogP contribution in [-0.4, -0.2) is 33.5 Å². The van der Waals surface area contributed by atoms with Gasteiger partial charge in [-0.25, -0.2) is 5.43 Å². The van der Waals surface area contributed by atoms with Crippen molar-refractivity contribution < 1.29 is 19.0 Å². The molecule has 28 heavy (non-hydrogen) atoms. The highest BCUT2D eigenvalue weighted by atomic mass is 35.5. The van der Waals surface area contributed by atoms with Gasteiger partial charge < -0.3 is 14.2 Å². The van der Waals surface area contributed by atoms with Gasteiger partial charge in [0.05, 0.1) is 32.6 Å². The number of carbonyl (C=O) groups excluding carboxylic acids is 1. The Bertz CT molecular complexity index is 1040. The third-order valence-electron chi connectivity index (χ3n) is 4.06. The summed E-state index contributed by atoms with van der Waals surface area (Å²) in [5, 5.41) is 5.31. The van der Waals surface area contributed by atoms with E-state index in [9.17, 15) is 4.79 Å². The minimum absolute atomic E-state index is 0.368. The molecule has 0 aliphatic rings. The molecule has 0 saturated heterocycles. The van der Waals surface area contributed by atoms with Gasteiger partial charge in [0.15, 0.2) is 11.5 Å². The van der Waals surface area contributed by atoms with Gasteiger partial charge in [0.2, 0.25) is 5.75 Å². The average Bonchev–Trinajstić information content (AvgIpc) is 3.02. The van der Waals surface area contributed by atoms with Crippen LogP contribution in [0.15, 0.2) is 35.4 Å². The molecule has 8 heteroatoms. The van der Waals surface area contributed by atoms with Crippen LogP contribution in [0.1, 0.15) is 20.8 Å². The molecular formula is C20H19ClN2O4S. The molecule has 0 fully saturated rings. The summed E-state index contributed by atoms with van der Waals surface area (Å²) in [6.07, 6.45) is 1.49. The Kier molecular flexibility index (Phi) is 6.06. The van der Waals surface area contributed by atoms with Crippen molar-refractivity contribution >= 4 is 45.1 Å². The molecule has 1 aromatic heterocycles. The highest BCUT2D eigenvalue weighted by molar-refractivity contribution is 7.21. The maximum Gasteiger partial charge on any atom is 0.283 e. The standard InChI is InChI=1S/C20H19ClN2O4S/c1-11-5-6-13-16(7-11)28-19(17(13)21)20(24)23-22-10-12-8-14(25-2)18(27-4)15(9-12)26-3/h5-10H,1-4H3,(H,23,24). The topological polar surface area (TPSA) is 69.2 Å². The van der Waals surface area contributed by atoms with E-state index in [2.05, 4.69) is 10.5 Å². The fourth-order valence-corrected chi connectivity index (χ4v) is 4.22. The molecule has 0 saturated carbocycles. The van der Waals surface area contributed by atoms with Gasteiger partial charge in [-0.1, -0.05) is 23.7 Å². The monoisotopic (exact) mass is 418 g/mol. The zero-order valence-electron chi connectivity index (χ0n) is 15.8. The number of halogens is 1. The van der Waals surface area contributed by atoms with Gasteiger partial charge in [0, 0.05) is 15.6 Å². The van der Waals surface area contributed by atoms with E-state index in [1.807, 2.05) is 25.1 Å². The van der Waals surface area contributed by atoms with Gasteiger partial charge in [-0.3, -0.25) is 4.79 Å². The second-order valence-corrected chi connectivity index (χ2v) is 7.33. The number of benzene rings is 2. The molecule has 146 valence electrons. The molecule has 6 nitrogen and oxygen atoms in total. The second-order valence-electron chi connectivity index (χ2n) is 5.90. The highest BCUT2D eigenvalue weighted by Gasteiger charge is 2.17. The molecule has 1 amide bonds. The third-order valence-corrected chi connectivity index (χ3v) is 5.71. The van der Waals surface area contributed by atoms with Crippen LogP contribution in [0.4, 0.5) is 0 Å². The van der Waals surface area contributed by atoms with Crippen LogP contribution in [0.5, 0.6) is 17.2 Å². The Hall–Kier alpha value is -2.77. The molecule has 0 unspecified atom stereocenters. The minimum Gasteiger partial charge on any atom is -0.493 e. The normalized spacial score (nSPS) is 11.0. The SMILES string of the molecule is COc1cc(C=NNC(=O)c2sc3cc(C)ccc3c2Cl)cc(OC)c1OC. The lowest BCUT2D eigenvalue weighted by Crippen LogP contribution is -2.16. The number of aryl methyl sites for hydroxylation is 1. The molecule has 0 aliphatic carbocycles. The summed E-state index contributed by atoms with van der Waals surface area (Å²) in [6.45, 7) is 1.99. The zero-order chi connectivity index (χ0) is 20.3. The first kappa shape index (κ1) is 20.0. The smallest absolute Gasteiger partial charge is 0.283 e.